The van der Waals surface area contributed by atoms with Crippen LogP contribution >= 0.6 is 0 Å². The topological polar surface area (TPSA) is 50.4 Å². The molecule has 4 heteroatoms. The second kappa shape index (κ2) is 4.94. The van der Waals surface area contributed by atoms with Crippen molar-refractivity contribution in [3.8, 4) is 0 Å². The van der Waals surface area contributed by atoms with Crippen LogP contribution in [0.25, 0.3) is 0 Å². The molecule has 2 fully saturated rings. The maximum absolute atomic E-state index is 12.2. The number of amides is 1. The lowest BCUT2D eigenvalue weighted by molar-refractivity contribution is -0.126. The molecule has 2 aliphatic rings. The molecular weight excluding hydrogens is 216 g/mol. The summed E-state index contributed by atoms with van der Waals surface area (Å²) in [5.41, 5.74) is -0.195. The largest absolute Gasteiger partial charge is 0.376 e. The van der Waals surface area contributed by atoms with Gasteiger partial charge in [0.1, 0.15) is 0 Å². The third-order valence-corrected chi connectivity index (χ3v) is 4.28. The van der Waals surface area contributed by atoms with E-state index < -0.39 is 0 Å². The minimum Gasteiger partial charge on any atom is -0.376 e. The molecule has 4 atom stereocenters. The molecule has 2 N–H and O–H groups in total. The van der Waals surface area contributed by atoms with Gasteiger partial charge in [0, 0.05) is 6.61 Å². The summed E-state index contributed by atoms with van der Waals surface area (Å²) in [6.45, 7) is 8.01. The Hall–Kier alpha value is -0.610. The molecule has 0 spiro atoms. The summed E-state index contributed by atoms with van der Waals surface area (Å²) < 4.78 is 5.54. The fourth-order valence-electron chi connectivity index (χ4n) is 2.67. The van der Waals surface area contributed by atoms with E-state index in [0.29, 0.717) is 5.92 Å². The van der Waals surface area contributed by atoms with Crippen LogP contribution < -0.4 is 10.6 Å². The first-order chi connectivity index (χ1) is 8.01. The molecule has 2 saturated heterocycles. The monoisotopic (exact) mass is 240 g/mol. The highest BCUT2D eigenvalue weighted by Crippen LogP contribution is 2.25. The molecule has 0 aromatic heterocycles. The summed E-state index contributed by atoms with van der Waals surface area (Å²) in [7, 11) is 0. The number of nitrogens with one attached hydrogen (secondary N) is 2. The zero-order chi connectivity index (χ0) is 12.5. The van der Waals surface area contributed by atoms with E-state index in [9.17, 15) is 4.79 Å². The summed E-state index contributed by atoms with van der Waals surface area (Å²) in [6.07, 6.45) is 3.12. The van der Waals surface area contributed by atoms with Crippen molar-refractivity contribution in [2.75, 3.05) is 13.2 Å². The quantitative estimate of drug-likeness (QED) is 0.759. The molecule has 0 radical (unpaired) electrons. The van der Waals surface area contributed by atoms with Gasteiger partial charge in [0.05, 0.1) is 17.7 Å². The molecule has 0 bridgehead atoms. The number of carbonyl (C=O) groups is 1. The highest BCUT2D eigenvalue weighted by atomic mass is 16.5. The Morgan fingerprint density at radius 3 is 2.82 bits per heavy atom. The molecule has 0 saturated carbocycles. The number of hydrogen-bond donors (Lipinski definition) is 2. The normalized spacial score (nSPS) is 42.4. The van der Waals surface area contributed by atoms with E-state index in [-0.39, 0.29) is 23.6 Å². The first-order valence-corrected chi connectivity index (χ1v) is 6.68. The van der Waals surface area contributed by atoms with E-state index in [1.807, 2.05) is 6.92 Å². The van der Waals surface area contributed by atoms with Crippen LogP contribution in [0.2, 0.25) is 0 Å². The highest BCUT2D eigenvalue weighted by Gasteiger charge is 2.39. The van der Waals surface area contributed by atoms with Crippen molar-refractivity contribution >= 4 is 5.91 Å². The van der Waals surface area contributed by atoms with Gasteiger partial charge in [0.2, 0.25) is 5.91 Å². The van der Waals surface area contributed by atoms with Gasteiger partial charge >= 0.3 is 0 Å². The Labute approximate surface area is 103 Å². The van der Waals surface area contributed by atoms with Crippen molar-refractivity contribution in [3.05, 3.63) is 0 Å². The minimum absolute atomic E-state index is 0.0247. The second-order valence-electron chi connectivity index (χ2n) is 5.81. The van der Waals surface area contributed by atoms with E-state index in [1.54, 1.807) is 0 Å². The molecule has 2 rings (SSSR count). The lowest BCUT2D eigenvalue weighted by Gasteiger charge is -2.33. The summed E-state index contributed by atoms with van der Waals surface area (Å²) >= 11 is 0. The summed E-state index contributed by atoms with van der Waals surface area (Å²) in [5, 5.41) is 6.47. The van der Waals surface area contributed by atoms with Gasteiger partial charge in [-0.15, -0.1) is 0 Å². The smallest absolute Gasteiger partial charge is 0.237 e. The predicted octanol–water partition coefficient (Wildman–Crippen LogP) is 1.06. The van der Waals surface area contributed by atoms with Crippen LogP contribution in [-0.4, -0.2) is 36.7 Å². The van der Waals surface area contributed by atoms with Crippen LogP contribution in [0.15, 0.2) is 0 Å². The van der Waals surface area contributed by atoms with Gasteiger partial charge in [-0.05, 0) is 45.6 Å². The van der Waals surface area contributed by atoms with Gasteiger partial charge in [-0.3, -0.25) is 4.79 Å². The highest BCUT2D eigenvalue weighted by molar-refractivity contribution is 5.82. The zero-order valence-electron chi connectivity index (χ0n) is 11.1. The number of ether oxygens (including phenoxy) is 1. The fraction of sp³-hybridized carbons (Fsp3) is 0.923. The molecule has 4 nitrogen and oxygen atoms in total. The maximum Gasteiger partial charge on any atom is 0.237 e. The number of hydrogen-bond acceptors (Lipinski definition) is 3. The van der Waals surface area contributed by atoms with Crippen molar-refractivity contribution in [1.82, 2.24) is 10.6 Å². The van der Waals surface area contributed by atoms with Gasteiger partial charge in [-0.25, -0.2) is 0 Å². The van der Waals surface area contributed by atoms with Gasteiger partial charge in [-0.1, -0.05) is 6.92 Å². The summed E-state index contributed by atoms with van der Waals surface area (Å²) in [5.74, 6) is 0.772. The maximum atomic E-state index is 12.2. The van der Waals surface area contributed by atoms with Gasteiger partial charge in [0.25, 0.3) is 0 Å². The molecule has 0 aliphatic carbocycles. The summed E-state index contributed by atoms with van der Waals surface area (Å²) in [4.78, 5) is 12.2. The molecule has 0 aromatic rings. The second-order valence-corrected chi connectivity index (χ2v) is 5.81. The molecule has 1 amide bonds. The first-order valence-electron chi connectivity index (χ1n) is 6.68. The average molecular weight is 240 g/mol. The molecule has 98 valence electrons. The molecule has 17 heavy (non-hydrogen) atoms. The summed E-state index contributed by atoms with van der Waals surface area (Å²) in [6, 6.07) is -0.0247. The standard InChI is InChI=1S/C13H24N2O2/c1-9-4-6-14-11(8-9)12(16)15-13(3)5-7-17-10(13)2/h9-11,14H,4-8H2,1-3H3,(H,15,16). The Kier molecular flexibility index (Phi) is 3.73. The van der Waals surface area contributed by atoms with Crippen molar-refractivity contribution in [2.45, 2.75) is 57.7 Å². The lowest BCUT2D eigenvalue weighted by atomic mass is 9.91. The number of carbonyl (C=O) groups excluding carboxylic acids is 1. The minimum atomic E-state index is -0.195. The van der Waals surface area contributed by atoms with E-state index in [4.69, 9.17) is 4.74 Å². The van der Waals surface area contributed by atoms with Gasteiger partial charge in [0.15, 0.2) is 0 Å². The first kappa shape index (κ1) is 12.8. The van der Waals surface area contributed by atoms with Crippen molar-refractivity contribution in [3.63, 3.8) is 0 Å². The van der Waals surface area contributed by atoms with Crippen molar-refractivity contribution in [1.29, 1.82) is 0 Å². The molecule has 2 aliphatic heterocycles. The molecule has 4 unspecified atom stereocenters. The third-order valence-electron chi connectivity index (χ3n) is 4.28. The number of rotatable bonds is 2. The molecule has 0 aromatic carbocycles. The van der Waals surface area contributed by atoms with Gasteiger partial charge < -0.3 is 15.4 Å². The van der Waals surface area contributed by atoms with Crippen LogP contribution in [0.5, 0.6) is 0 Å². The molecule has 2 heterocycles. The SMILES string of the molecule is CC1CCNC(C(=O)NC2(C)CCOC2C)C1. The van der Waals surface area contributed by atoms with Crippen LogP contribution in [0.4, 0.5) is 0 Å². The van der Waals surface area contributed by atoms with Crippen molar-refractivity contribution in [2.24, 2.45) is 5.92 Å². The predicted molar refractivity (Wildman–Crippen MR) is 66.8 cm³/mol. The van der Waals surface area contributed by atoms with Crippen molar-refractivity contribution < 1.29 is 9.53 Å². The van der Waals surface area contributed by atoms with Crippen LogP contribution in [0.3, 0.4) is 0 Å². The Bertz CT molecular complexity index is 295. The average Bonchev–Trinajstić information content (AvgIpc) is 2.59. The van der Waals surface area contributed by atoms with E-state index in [0.717, 1.165) is 26.0 Å². The zero-order valence-corrected chi connectivity index (χ0v) is 11.1. The Morgan fingerprint density at radius 1 is 1.47 bits per heavy atom. The molecular formula is C13H24N2O2. The lowest BCUT2D eigenvalue weighted by Crippen LogP contribution is -2.57. The van der Waals surface area contributed by atoms with Gasteiger partial charge in [-0.2, -0.15) is 0 Å². The van der Waals surface area contributed by atoms with Crippen LogP contribution in [0.1, 0.15) is 40.0 Å². The van der Waals surface area contributed by atoms with E-state index in [2.05, 4.69) is 24.5 Å². The Balaban J connectivity index is 1.92. The van der Waals surface area contributed by atoms with E-state index in [1.165, 1.54) is 6.42 Å². The fourth-order valence-corrected chi connectivity index (χ4v) is 2.67. The van der Waals surface area contributed by atoms with E-state index >= 15 is 0 Å². The Morgan fingerprint density at radius 2 is 2.24 bits per heavy atom. The third kappa shape index (κ3) is 2.80. The van der Waals surface area contributed by atoms with Crippen LogP contribution in [-0.2, 0) is 9.53 Å². The van der Waals surface area contributed by atoms with Crippen LogP contribution in [0, 0.1) is 5.92 Å². The number of piperidine rings is 1.